The fourth-order valence-electron chi connectivity index (χ4n) is 3.58. The molecule has 0 bridgehead atoms. The van der Waals surface area contributed by atoms with E-state index in [1.807, 2.05) is 0 Å². The van der Waals surface area contributed by atoms with Crippen LogP contribution >= 0.6 is 34.8 Å². The van der Waals surface area contributed by atoms with Crippen LogP contribution in [0.25, 0.3) is 16.9 Å². The summed E-state index contributed by atoms with van der Waals surface area (Å²) in [5.41, 5.74) is -0.242. The van der Waals surface area contributed by atoms with Crippen LogP contribution in [0.5, 0.6) is 0 Å². The van der Waals surface area contributed by atoms with Crippen molar-refractivity contribution in [3.8, 4) is 11.3 Å². The quantitative estimate of drug-likeness (QED) is 0.252. The molecular formula is C24H14Cl3F3N6O. The zero-order chi connectivity index (χ0) is 26.3. The highest BCUT2D eigenvalue weighted by Gasteiger charge is 2.35. The number of benzene rings is 2. The summed E-state index contributed by atoms with van der Waals surface area (Å²) in [4.78, 5) is 17.1. The molecule has 0 saturated heterocycles. The first-order valence-corrected chi connectivity index (χ1v) is 11.7. The molecule has 0 aliphatic heterocycles. The molecule has 5 aromatic rings. The fourth-order valence-corrected chi connectivity index (χ4v) is 4.17. The van der Waals surface area contributed by atoms with Crippen molar-refractivity contribution in [2.45, 2.75) is 12.7 Å². The number of alkyl halides is 3. The maximum atomic E-state index is 13.8. The van der Waals surface area contributed by atoms with E-state index in [1.165, 1.54) is 16.8 Å². The van der Waals surface area contributed by atoms with E-state index in [0.29, 0.717) is 31.7 Å². The minimum absolute atomic E-state index is 0.0583. The van der Waals surface area contributed by atoms with E-state index in [0.717, 1.165) is 11.6 Å². The first kappa shape index (κ1) is 25.1. The first-order chi connectivity index (χ1) is 17.6. The van der Waals surface area contributed by atoms with E-state index in [-0.39, 0.29) is 22.9 Å². The van der Waals surface area contributed by atoms with Gasteiger partial charge in [0.05, 0.1) is 12.2 Å². The van der Waals surface area contributed by atoms with Gasteiger partial charge in [0.25, 0.3) is 5.91 Å². The molecule has 3 aromatic heterocycles. The van der Waals surface area contributed by atoms with Gasteiger partial charge in [0.1, 0.15) is 0 Å². The molecule has 0 aliphatic rings. The van der Waals surface area contributed by atoms with Gasteiger partial charge in [0.2, 0.25) is 0 Å². The number of amides is 1. The van der Waals surface area contributed by atoms with Crippen molar-refractivity contribution in [1.29, 1.82) is 0 Å². The number of fused-ring (bicyclic) bond motifs is 1. The lowest BCUT2D eigenvalue weighted by Gasteiger charge is -2.11. The number of hydrogen-bond acceptors (Lipinski definition) is 4. The molecule has 188 valence electrons. The van der Waals surface area contributed by atoms with Crippen LogP contribution in [-0.2, 0) is 12.7 Å². The first-order valence-electron chi connectivity index (χ1n) is 10.6. The maximum Gasteiger partial charge on any atom is 0.433 e. The van der Waals surface area contributed by atoms with Crippen LogP contribution in [0.15, 0.2) is 66.9 Å². The molecule has 1 N–H and O–H groups in total. The number of carbonyl (C=O) groups is 1. The van der Waals surface area contributed by atoms with E-state index in [9.17, 15) is 18.0 Å². The summed E-state index contributed by atoms with van der Waals surface area (Å²) >= 11 is 18.0. The van der Waals surface area contributed by atoms with Gasteiger partial charge in [-0.05, 0) is 35.9 Å². The Morgan fingerprint density at radius 3 is 2.35 bits per heavy atom. The second kappa shape index (κ2) is 9.70. The van der Waals surface area contributed by atoms with Crippen LogP contribution in [-0.4, -0.2) is 30.3 Å². The van der Waals surface area contributed by atoms with E-state index in [4.69, 9.17) is 34.8 Å². The van der Waals surface area contributed by atoms with Crippen LogP contribution in [0.1, 0.15) is 21.7 Å². The van der Waals surface area contributed by atoms with Crippen molar-refractivity contribution in [3.63, 3.8) is 0 Å². The average molecular weight is 566 g/mol. The Morgan fingerprint density at radius 1 is 0.919 bits per heavy atom. The molecule has 0 saturated carbocycles. The van der Waals surface area contributed by atoms with Gasteiger partial charge < -0.3 is 5.32 Å². The molecule has 3 heterocycles. The Kier molecular flexibility index (Phi) is 6.57. The number of rotatable bonds is 5. The highest BCUT2D eigenvalue weighted by molar-refractivity contribution is 6.35. The van der Waals surface area contributed by atoms with E-state index in [2.05, 4.69) is 20.5 Å². The average Bonchev–Trinajstić information content (AvgIpc) is 3.47. The van der Waals surface area contributed by atoms with Crippen LogP contribution < -0.4 is 5.32 Å². The van der Waals surface area contributed by atoms with E-state index >= 15 is 0 Å². The lowest BCUT2D eigenvalue weighted by atomic mass is 10.1. The third kappa shape index (κ3) is 5.41. The SMILES string of the molecule is O=C(Nc1ccn(Cc2ccc(Cl)cc2Cl)n1)c1cc2nc(-c3ccc(Cl)cc3)cc(C(F)(F)F)n2n1. The Bertz CT molecular complexity index is 1630. The number of aromatic nitrogens is 5. The van der Waals surface area contributed by atoms with E-state index < -0.39 is 17.8 Å². The van der Waals surface area contributed by atoms with Gasteiger partial charge in [-0.15, -0.1) is 0 Å². The second-order valence-corrected chi connectivity index (χ2v) is 9.20. The summed E-state index contributed by atoms with van der Waals surface area (Å²) in [7, 11) is 0. The third-order valence-electron chi connectivity index (χ3n) is 5.32. The number of carbonyl (C=O) groups excluding carboxylic acids is 1. The maximum absolute atomic E-state index is 13.8. The van der Waals surface area contributed by atoms with Crippen LogP contribution in [0.4, 0.5) is 19.0 Å². The van der Waals surface area contributed by atoms with Gasteiger partial charge in [0.15, 0.2) is 22.9 Å². The largest absolute Gasteiger partial charge is 0.433 e. The monoisotopic (exact) mass is 564 g/mol. The van der Waals surface area contributed by atoms with Gasteiger partial charge in [0, 0.05) is 39.0 Å². The number of anilines is 1. The van der Waals surface area contributed by atoms with Crippen molar-refractivity contribution < 1.29 is 18.0 Å². The number of hydrogen-bond donors (Lipinski definition) is 1. The molecule has 13 heteroatoms. The Morgan fingerprint density at radius 2 is 1.65 bits per heavy atom. The Hall–Kier alpha value is -3.60. The topological polar surface area (TPSA) is 77.1 Å². The van der Waals surface area contributed by atoms with Crippen molar-refractivity contribution in [2.24, 2.45) is 0 Å². The minimum Gasteiger partial charge on any atom is -0.304 e. The fraction of sp³-hybridized carbons (Fsp3) is 0.0833. The zero-order valence-electron chi connectivity index (χ0n) is 18.5. The summed E-state index contributed by atoms with van der Waals surface area (Å²) in [5.74, 6) is -0.570. The van der Waals surface area contributed by atoms with Gasteiger partial charge in [-0.2, -0.15) is 23.4 Å². The van der Waals surface area contributed by atoms with Crippen molar-refractivity contribution in [1.82, 2.24) is 24.4 Å². The highest BCUT2D eigenvalue weighted by Crippen LogP contribution is 2.32. The minimum atomic E-state index is -4.75. The van der Waals surface area contributed by atoms with Crippen LogP contribution in [0.3, 0.4) is 0 Å². The number of halogens is 6. The van der Waals surface area contributed by atoms with Crippen molar-refractivity contribution in [2.75, 3.05) is 5.32 Å². The molecule has 1 amide bonds. The van der Waals surface area contributed by atoms with Gasteiger partial charge in [-0.1, -0.05) is 53.0 Å². The molecule has 0 unspecified atom stereocenters. The normalized spacial score (nSPS) is 11.7. The third-order valence-corrected chi connectivity index (χ3v) is 6.16. The second-order valence-electron chi connectivity index (χ2n) is 7.92. The number of nitrogens with zero attached hydrogens (tertiary/aromatic N) is 5. The molecule has 0 atom stereocenters. The standard InChI is InChI=1S/C24H14Cl3F3N6O/c25-15-4-1-13(2-5-15)18-10-20(24(28,29)30)36-22(31-18)11-19(33-36)23(37)32-21-7-8-35(34-21)12-14-3-6-16(26)9-17(14)27/h1-11H,12H2,(H,32,34,37). The summed E-state index contributed by atoms with van der Waals surface area (Å²) < 4.78 is 43.6. The Labute approximate surface area is 222 Å². The van der Waals surface area contributed by atoms with Crippen LogP contribution in [0, 0.1) is 0 Å². The summed E-state index contributed by atoms with van der Waals surface area (Å²) in [6.07, 6.45) is -3.13. The smallest absolute Gasteiger partial charge is 0.304 e. The molecule has 0 aliphatic carbocycles. The van der Waals surface area contributed by atoms with Crippen molar-refractivity contribution in [3.05, 3.63) is 98.9 Å². The summed E-state index contributed by atoms with van der Waals surface area (Å²) in [6.45, 7) is 0.312. The molecule has 37 heavy (non-hydrogen) atoms. The van der Waals surface area contributed by atoms with Gasteiger partial charge in [-0.25, -0.2) is 9.50 Å². The molecule has 2 aromatic carbocycles. The molecule has 0 fully saturated rings. The van der Waals surface area contributed by atoms with Gasteiger partial charge >= 0.3 is 6.18 Å². The zero-order valence-corrected chi connectivity index (χ0v) is 20.7. The lowest BCUT2D eigenvalue weighted by molar-refractivity contribution is -0.142. The lowest BCUT2D eigenvalue weighted by Crippen LogP contribution is -2.16. The Balaban J connectivity index is 1.42. The molecule has 0 radical (unpaired) electrons. The number of nitrogens with one attached hydrogen (secondary N) is 1. The molecular weight excluding hydrogens is 552 g/mol. The summed E-state index contributed by atoms with van der Waals surface area (Å²) in [6, 6.07) is 14.8. The molecule has 7 nitrogen and oxygen atoms in total. The van der Waals surface area contributed by atoms with Crippen LogP contribution in [0.2, 0.25) is 15.1 Å². The molecule has 5 rings (SSSR count). The molecule has 0 spiro atoms. The highest BCUT2D eigenvalue weighted by atomic mass is 35.5. The van der Waals surface area contributed by atoms with Gasteiger partial charge in [-0.3, -0.25) is 9.48 Å². The predicted molar refractivity (Wildman–Crippen MR) is 134 cm³/mol. The predicted octanol–water partition coefficient (Wildman–Crippen LogP) is 6.87. The van der Waals surface area contributed by atoms with Crippen molar-refractivity contribution >= 4 is 52.2 Å². The van der Waals surface area contributed by atoms with E-state index in [1.54, 1.807) is 48.7 Å². The summed E-state index contributed by atoms with van der Waals surface area (Å²) in [5, 5.41) is 12.0.